The highest BCUT2D eigenvalue weighted by Crippen LogP contribution is 2.40. The van der Waals surface area contributed by atoms with Crippen molar-refractivity contribution in [3.8, 4) is 11.4 Å². The molecule has 3 aromatic carbocycles. The summed E-state index contributed by atoms with van der Waals surface area (Å²) in [5.74, 6) is 1.04. The summed E-state index contributed by atoms with van der Waals surface area (Å²) in [5, 5.41) is 8.51. The summed E-state index contributed by atoms with van der Waals surface area (Å²) in [5.41, 5.74) is 9.72. The normalized spacial score (nSPS) is 16.0. The van der Waals surface area contributed by atoms with Gasteiger partial charge in [-0.15, -0.1) is 0 Å². The zero-order chi connectivity index (χ0) is 24.7. The molecule has 0 fully saturated rings. The molecular formula is C29H28N4OS. The van der Waals surface area contributed by atoms with Gasteiger partial charge in [0.15, 0.2) is 5.11 Å². The molecule has 1 atom stereocenters. The summed E-state index contributed by atoms with van der Waals surface area (Å²) in [4.78, 5) is 6.88. The standard InChI is InChI=1S/C29H28N4OS/c1-17-13-18(2)15-24(14-17)33-21(5)25(28-31-27(32-34-28)22-9-7-6-8-10-22)26(30-29(33)35)23-12-11-19(3)20(4)16-23/h6-16,26H,1-5H3,(H,30,35). The maximum absolute atomic E-state index is 5.91. The van der Waals surface area contributed by atoms with Gasteiger partial charge >= 0.3 is 0 Å². The number of allylic oxidation sites excluding steroid dienone is 1. The molecule has 35 heavy (non-hydrogen) atoms. The first-order valence-electron chi connectivity index (χ1n) is 11.7. The summed E-state index contributed by atoms with van der Waals surface area (Å²) < 4.78 is 5.87. The van der Waals surface area contributed by atoms with E-state index in [0.717, 1.165) is 28.1 Å². The number of nitrogens with zero attached hydrogens (tertiary/aromatic N) is 3. The molecular weight excluding hydrogens is 452 g/mol. The lowest BCUT2D eigenvalue weighted by Gasteiger charge is -2.37. The van der Waals surface area contributed by atoms with Gasteiger partial charge in [0.05, 0.1) is 11.6 Å². The zero-order valence-corrected chi connectivity index (χ0v) is 21.4. The Bertz CT molecular complexity index is 1430. The Morgan fingerprint density at radius 1 is 0.857 bits per heavy atom. The van der Waals surface area contributed by atoms with Crippen LogP contribution >= 0.6 is 12.2 Å². The number of thiocarbonyl (C=S) groups is 1. The van der Waals surface area contributed by atoms with Crippen molar-refractivity contribution in [3.05, 3.63) is 106 Å². The van der Waals surface area contributed by atoms with Gasteiger partial charge in [-0.05, 0) is 86.8 Å². The highest BCUT2D eigenvalue weighted by molar-refractivity contribution is 7.80. The molecule has 1 aliphatic rings. The Labute approximate surface area is 211 Å². The minimum absolute atomic E-state index is 0.215. The third-order valence-corrected chi connectivity index (χ3v) is 6.80. The highest BCUT2D eigenvalue weighted by atomic mass is 32.1. The molecule has 0 saturated heterocycles. The van der Waals surface area contributed by atoms with Crippen LogP contribution in [0.15, 0.2) is 77.0 Å². The Balaban J connectivity index is 1.69. The Hall–Kier alpha value is -3.77. The molecule has 0 spiro atoms. The second-order valence-corrected chi connectivity index (χ2v) is 9.58. The predicted molar refractivity (Wildman–Crippen MR) is 145 cm³/mol. The van der Waals surface area contributed by atoms with E-state index in [-0.39, 0.29) is 6.04 Å². The molecule has 5 nitrogen and oxygen atoms in total. The molecule has 5 rings (SSSR count). The zero-order valence-electron chi connectivity index (χ0n) is 20.6. The van der Waals surface area contributed by atoms with Crippen LogP contribution < -0.4 is 10.2 Å². The number of hydrogen-bond donors (Lipinski definition) is 1. The molecule has 1 aliphatic heterocycles. The number of anilines is 1. The second kappa shape index (κ2) is 9.12. The fraction of sp³-hybridized carbons (Fsp3) is 0.207. The van der Waals surface area contributed by atoms with Crippen molar-refractivity contribution in [2.45, 2.75) is 40.7 Å². The van der Waals surface area contributed by atoms with Crippen LogP contribution in [-0.2, 0) is 0 Å². The average molecular weight is 481 g/mol. The number of benzene rings is 3. The van der Waals surface area contributed by atoms with Gasteiger partial charge in [0.1, 0.15) is 0 Å². The largest absolute Gasteiger partial charge is 0.351 e. The number of aryl methyl sites for hydroxylation is 4. The number of hydrogen-bond acceptors (Lipinski definition) is 4. The molecule has 0 aliphatic carbocycles. The van der Waals surface area contributed by atoms with Crippen molar-refractivity contribution in [1.82, 2.24) is 15.5 Å². The monoisotopic (exact) mass is 480 g/mol. The van der Waals surface area contributed by atoms with Crippen molar-refractivity contribution >= 4 is 28.6 Å². The molecule has 1 aromatic heterocycles. The van der Waals surface area contributed by atoms with Crippen LogP contribution in [0, 0.1) is 27.7 Å². The predicted octanol–water partition coefficient (Wildman–Crippen LogP) is 6.84. The molecule has 0 radical (unpaired) electrons. The molecule has 4 aromatic rings. The average Bonchev–Trinajstić information content (AvgIpc) is 3.30. The van der Waals surface area contributed by atoms with E-state index in [2.05, 4.69) is 86.4 Å². The third-order valence-electron chi connectivity index (χ3n) is 6.50. The number of nitrogens with one attached hydrogen (secondary N) is 1. The molecule has 6 heteroatoms. The van der Waals surface area contributed by atoms with Crippen LogP contribution in [0.3, 0.4) is 0 Å². The van der Waals surface area contributed by atoms with Gasteiger partial charge in [-0.3, -0.25) is 4.90 Å². The van der Waals surface area contributed by atoms with E-state index in [1.165, 1.54) is 22.3 Å². The first-order valence-corrected chi connectivity index (χ1v) is 12.1. The van der Waals surface area contributed by atoms with Gasteiger partial charge < -0.3 is 9.84 Å². The van der Waals surface area contributed by atoms with Gasteiger partial charge in [0.25, 0.3) is 5.89 Å². The molecule has 176 valence electrons. The topological polar surface area (TPSA) is 54.2 Å². The number of rotatable bonds is 4. The van der Waals surface area contributed by atoms with Gasteiger partial charge in [0, 0.05) is 16.9 Å². The van der Waals surface area contributed by atoms with E-state index in [4.69, 9.17) is 21.7 Å². The summed E-state index contributed by atoms with van der Waals surface area (Å²) in [6.45, 7) is 10.5. The molecule has 1 unspecified atom stereocenters. The summed E-state index contributed by atoms with van der Waals surface area (Å²) >= 11 is 5.91. The van der Waals surface area contributed by atoms with Gasteiger partial charge in [-0.1, -0.05) is 59.8 Å². The van der Waals surface area contributed by atoms with E-state index in [0.29, 0.717) is 16.8 Å². The quantitative estimate of drug-likeness (QED) is 0.323. The van der Waals surface area contributed by atoms with Crippen molar-refractivity contribution in [2.24, 2.45) is 0 Å². The maximum Gasteiger partial charge on any atom is 0.258 e. The second-order valence-electron chi connectivity index (χ2n) is 9.20. The maximum atomic E-state index is 5.91. The highest BCUT2D eigenvalue weighted by Gasteiger charge is 2.35. The summed E-state index contributed by atoms with van der Waals surface area (Å²) in [6, 6.07) is 22.6. The molecule has 2 heterocycles. The van der Waals surface area contributed by atoms with Crippen molar-refractivity contribution in [1.29, 1.82) is 0 Å². The Kier molecular flexibility index (Phi) is 5.99. The molecule has 1 N–H and O–H groups in total. The van der Waals surface area contributed by atoms with Gasteiger partial charge in [0.2, 0.25) is 5.82 Å². The number of aromatic nitrogens is 2. The molecule has 0 saturated carbocycles. The fourth-order valence-corrected chi connectivity index (χ4v) is 5.00. The van der Waals surface area contributed by atoms with E-state index >= 15 is 0 Å². The molecule has 0 bridgehead atoms. The molecule has 0 amide bonds. The van der Waals surface area contributed by atoms with E-state index < -0.39 is 0 Å². The Morgan fingerprint density at radius 3 is 2.26 bits per heavy atom. The first kappa shape index (κ1) is 23.0. The minimum Gasteiger partial charge on any atom is -0.351 e. The van der Waals surface area contributed by atoms with Crippen molar-refractivity contribution in [3.63, 3.8) is 0 Å². The third kappa shape index (κ3) is 4.37. The van der Waals surface area contributed by atoms with Gasteiger partial charge in [-0.2, -0.15) is 4.98 Å². The lowest BCUT2D eigenvalue weighted by molar-refractivity contribution is 0.404. The smallest absolute Gasteiger partial charge is 0.258 e. The first-order chi connectivity index (χ1) is 16.8. The summed E-state index contributed by atoms with van der Waals surface area (Å²) in [6.07, 6.45) is 0. The minimum atomic E-state index is -0.215. The Morgan fingerprint density at radius 2 is 1.57 bits per heavy atom. The van der Waals surface area contributed by atoms with Crippen molar-refractivity contribution < 1.29 is 4.52 Å². The van der Waals surface area contributed by atoms with E-state index in [9.17, 15) is 0 Å². The van der Waals surface area contributed by atoms with Crippen LogP contribution in [0.1, 0.15) is 46.7 Å². The van der Waals surface area contributed by atoms with Crippen LogP contribution in [0.2, 0.25) is 0 Å². The van der Waals surface area contributed by atoms with E-state index in [1.54, 1.807) is 0 Å². The van der Waals surface area contributed by atoms with Crippen LogP contribution in [0.25, 0.3) is 17.0 Å². The fourth-order valence-electron chi connectivity index (χ4n) is 4.64. The van der Waals surface area contributed by atoms with E-state index in [1.807, 2.05) is 30.3 Å². The SMILES string of the molecule is CC1=C(c2nc(-c3ccccc3)no2)C(c2ccc(C)c(C)c2)NC(=S)N1c1cc(C)cc(C)c1. The van der Waals surface area contributed by atoms with Crippen LogP contribution in [-0.4, -0.2) is 15.3 Å². The van der Waals surface area contributed by atoms with Crippen molar-refractivity contribution in [2.75, 3.05) is 4.90 Å². The summed E-state index contributed by atoms with van der Waals surface area (Å²) in [7, 11) is 0. The van der Waals surface area contributed by atoms with Crippen LogP contribution in [0.4, 0.5) is 5.69 Å². The lowest BCUT2D eigenvalue weighted by Crippen LogP contribution is -2.46. The van der Waals surface area contributed by atoms with Crippen LogP contribution in [0.5, 0.6) is 0 Å². The van der Waals surface area contributed by atoms with Gasteiger partial charge in [-0.25, -0.2) is 0 Å². The lowest BCUT2D eigenvalue weighted by atomic mass is 9.92.